The van der Waals surface area contributed by atoms with Crippen molar-refractivity contribution in [2.75, 3.05) is 5.32 Å². The number of anilines is 1. The van der Waals surface area contributed by atoms with E-state index in [0.717, 1.165) is 41.1 Å². The van der Waals surface area contributed by atoms with Crippen LogP contribution in [0.15, 0.2) is 27.5 Å². The van der Waals surface area contributed by atoms with Crippen molar-refractivity contribution in [3.63, 3.8) is 0 Å². The van der Waals surface area contributed by atoms with Crippen molar-refractivity contribution < 1.29 is 4.79 Å². The molecule has 1 aromatic rings. The third kappa shape index (κ3) is 4.06. The van der Waals surface area contributed by atoms with Crippen molar-refractivity contribution in [1.29, 1.82) is 0 Å². The third-order valence-corrected chi connectivity index (χ3v) is 4.99. The van der Waals surface area contributed by atoms with Crippen LogP contribution in [0.1, 0.15) is 58.3 Å². The predicted octanol–water partition coefficient (Wildman–Crippen LogP) is 3.78. The summed E-state index contributed by atoms with van der Waals surface area (Å²) >= 11 is 0. The Kier molecular flexibility index (Phi) is 5.74. The van der Waals surface area contributed by atoms with Gasteiger partial charge in [-0.15, -0.1) is 0 Å². The van der Waals surface area contributed by atoms with Gasteiger partial charge in [0.05, 0.1) is 17.1 Å². The molecule has 142 valence electrons. The summed E-state index contributed by atoms with van der Waals surface area (Å²) < 4.78 is 1.77. The van der Waals surface area contributed by atoms with Gasteiger partial charge in [-0.25, -0.2) is 4.99 Å². The van der Waals surface area contributed by atoms with Crippen molar-refractivity contribution in [1.82, 2.24) is 15.1 Å². The summed E-state index contributed by atoms with van der Waals surface area (Å²) in [4.78, 5) is 17.3. The zero-order chi connectivity index (χ0) is 19.6. The molecule has 0 aromatic carbocycles. The molecule has 2 rings (SSSR count). The summed E-state index contributed by atoms with van der Waals surface area (Å²) in [7, 11) is 1.87. The number of nitrogens with one attached hydrogen (secondary N) is 2. The van der Waals surface area contributed by atoms with Crippen molar-refractivity contribution in [3.05, 3.63) is 33.9 Å². The number of allylic oxidation sites excluding steroid dienone is 1. The summed E-state index contributed by atoms with van der Waals surface area (Å²) in [5, 5.41) is 10.9. The lowest BCUT2D eigenvalue weighted by Gasteiger charge is -2.20. The number of amides is 1. The van der Waals surface area contributed by atoms with Gasteiger partial charge >= 0.3 is 0 Å². The van der Waals surface area contributed by atoms with Crippen LogP contribution in [0.5, 0.6) is 0 Å². The van der Waals surface area contributed by atoms with E-state index in [2.05, 4.69) is 34.4 Å². The van der Waals surface area contributed by atoms with Gasteiger partial charge in [0.25, 0.3) is 5.91 Å². The fourth-order valence-corrected chi connectivity index (χ4v) is 3.07. The van der Waals surface area contributed by atoms with E-state index >= 15 is 0 Å². The molecule has 1 aliphatic rings. The van der Waals surface area contributed by atoms with E-state index in [0.29, 0.717) is 17.8 Å². The van der Waals surface area contributed by atoms with E-state index in [4.69, 9.17) is 0 Å². The number of carbonyl (C=O) groups is 1. The molecule has 1 aromatic heterocycles. The molecular weight excluding hydrogens is 326 g/mol. The Morgan fingerprint density at radius 2 is 1.96 bits per heavy atom. The molecule has 0 atom stereocenters. The number of aromatic nitrogens is 2. The zero-order valence-corrected chi connectivity index (χ0v) is 17.1. The van der Waals surface area contributed by atoms with Gasteiger partial charge < -0.3 is 10.6 Å². The second-order valence-corrected chi connectivity index (χ2v) is 7.52. The number of hydrogen-bond acceptors (Lipinski definition) is 4. The second-order valence-electron chi connectivity index (χ2n) is 7.52. The molecule has 0 aliphatic heterocycles. The van der Waals surface area contributed by atoms with Gasteiger partial charge in [-0.3, -0.25) is 9.48 Å². The molecular formula is C20H31N5O. The van der Waals surface area contributed by atoms with Gasteiger partial charge in [0.1, 0.15) is 5.82 Å². The molecule has 6 nitrogen and oxygen atoms in total. The molecule has 1 saturated carbocycles. The lowest BCUT2D eigenvalue weighted by molar-refractivity contribution is -0.112. The lowest BCUT2D eigenvalue weighted by atomic mass is 9.97. The van der Waals surface area contributed by atoms with Gasteiger partial charge in [0, 0.05) is 23.7 Å². The maximum absolute atomic E-state index is 13.1. The molecule has 1 fully saturated rings. The minimum atomic E-state index is -0.134. The quantitative estimate of drug-likeness (QED) is 0.443. The SMILES string of the molecule is C=N/C(NC1(C)CC1)=C(\CC)C(C(=O)Nc1c(C)nn(C)c1C)=C(C)C. The molecule has 0 saturated heterocycles. The van der Waals surface area contributed by atoms with Gasteiger partial charge in [0.2, 0.25) is 0 Å². The molecule has 0 radical (unpaired) electrons. The van der Waals surface area contributed by atoms with Crippen molar-refractivity contribution >= 4 is 18.3 Å². The summed E-state index contributed by atoms with van der Waals surface area (Å²) in [6.45, 7) is 15.7. The Labute approximate surface area is 156 Å². The maximum Gasteiger partial charge on any atom is 0.256 e. The molecule has 1 amide bonds. The first-order valence-electron chi connectivity index (χ1n) is 9.11. The highest BCUT2D eigenvalue weighted by Crippen LogP contribution is 2.37. The van der Waals surface area contributed by atoms with Crippen LogP contribution in [0.2, 0.25) is 0 Å². The Balaban J connectivity index is 2.41. The first-order valence-corrected chi connectivity index (χ1v) is 9.11. The smallest absolute Gasteiger partial charge is 0.256 e. The van der Waals surface area contributed by atoms with Gasteiger partial charge in [0.15, 0.2) is 0 Å². The van der Waals surface area contributed by atoms with Crippen LogP contribution >= 0.6 is 0 Å². The molecule has 1 aliphatic carbocycles. The summed E-state index contributed by atoms with van der Waals surface area (Å²) in [6, 6.07) is 0. The standard InChI is InChI=1S/C20H31N5O/c1-9-15(18(21-7)23-20(6)10-11-20)16(12(2)3)19(26)22-17-13(4)24-25(8)14(17)5/h23H,7,9-11H2,1-6,8H3,(H,22,26)/b18-15-. The van der Waals surface area contributed by atoms with Crippen molar-refractivity contribution in [2.24, 2.45) is 12.0 Å². The fraction of sp³-hybridized carbons (Fsp3) is 0.550. The average molecular weight is 358 g/mol. The summed E-state index contributed by atoms with van der Waals surface area (Å²) in [5.74, 6) is 0.573. The van der Waals surface area contributed by atoms with Crippen molar-refractivity contribution in [2.45, 2.75) is 66.3 Å². The largest absolute Gasteiger partial charge is 0.365 e. The second kappa shape index (κ2) is 7.48. The highest BCUT2D eigenvalue weighted by molar-refractivity contribution is 6.08. The zero-order valence-electron chi connectivity index (χ0n) is 17.1. The minimum Gasteiger partial charge on any atom is -0.365 e. The Morgan fingerprint density at radius 1 is 1.35 bits per heavy atom. The number of carbonyl (C=O) groups excluding carboxylic acids is 1. The third-order valence-electron chi connectivity index (χ3n) is 4.99. The van der Waals surface area contributed by atoms with Crippen LogP contribution in [0.4, 0.5) is 5.69 Å². The summed E-state index contributed by atoms with van der Waals surface area (Å²) in [5.41, 5.74) is 5.07. The number of aryl methyl sites for hydroxylation is 2. The van der Waals surface area contributed by atoms with E-state index in [1.807, 2.05) is 41.7 Å². The molecule has 0 unspecified atom stereocenters. The summed E-state index contributed by atoms with van der Waals surface area (Å²) in [6.07, 6.45) is 2.90. The number of nitrogens with zero attached hydrogens (tertiary/aromatic N) is 3. The number of rotatable bonds is 7. The van der Waals surface area contributed by atoms with Gasteiger partial charge in [-0.2, -0.15) is 5.10 Å². The molecule has 0 bridgehead atoms. The monoisotopic (exact) mass is 357 g/mol. The van der Waals surface area contributed by atoms with E-state index in [9.17, 15) is 4.79 Å². The fourth-order valence-electron chi connectivity index (χ4n) is 3.07. The topological polar surface area (TPSA) is 71.3 Å². The molecule has 2 N–H and O–H groups in total. The highest BCUT2D eigenvalue weighted by atomic mass is 16.1. The molecule has 26 heavy (non-hydrogen) atoms. The maximum atomic E-state index is 13.1. The predicted molar refractivity (Wildman–Crippen MR) is 107 cm³/mol. The lowest BCUT2D eigenvalue weighted by Crippen LogP contribution is -2.29. The van der Waals surface area contributed by atoms with Gasteiger partial charge in [-0.1, -0.05) is 12.5 Å². The van der Waals surface area contributed by atoms with Crippen LogP contribution in [-0.4, -0.2) is 27.9 Å². The van der Waals surface area contributed by atoms with E-state index in [1.54, 1.807) is 4.68 Å². The molecule has 0 spiro atoms. The van der Waals surface area contributed by atoms with Crippen LogP contribution < -0.4 is 10.6 Å². The normalized spacial score (nSPS) is 15.8. The molecule has 6 heteroatoms. The average Bonchev–Trinajstić information content (AvgIpc) is 3.25. The Bertz CT molecular complexity index is 789. The van der Waals surface area contributed by atoms with Crippen LogP contribution in [0, 0.1) is 13.8 Å². The van der Waals surface area contributed by atoms with Crippen LogP contribution in [-0.2, 0) is 11.8 Å². The Hall–Kier alpha value is -2.37. The van der Waals surface area contributed by atoms with Crippen molar-refractivity contribution in [3.8, 4) is 0 Å². The molecule has 1 heterocycles. The van der Waals surface area contributed by atoms with E-state index in [-0.39, 0.29) is 11.4 Å². The number of hydrogen-bond donors (Lipinski definition) is 2. The van der Waals surface area contributed by atoms with E-state index < -0.39 is 0 Å². The van der Waals surface area contributed by atoms with Crippen LogP contribution in [0.25, 0.3) is 0 Å². The first kappa shape index (κ1) is 19.9. The van der Waals surface area contributed by atoms with Gasteiger partial charge in [-0.05, 0) is 60.6 Å². The van der Waals surface area contributed by atoms with E-state index in [1.165, 1.54) is 0 Å². The number of aliphatic imine (C=N–C) groups is 1. The minimum absolute atomic E-state index is 0.0662. The Morgan fingerprint density at radius 3 is 2.35 bits per heavy atom. The first-order chi connectivity index (χ1) is 12.1. The highest BCUT2D eigenvalue weighted by Gasteiger charge is 2.38. The van der Waals surface area contributed by atoms with Crippen LogP contribution in [0.3, 0.4) is 0 Å².